The molecule has 0 aliphatic carbocycles. The molecule has 1 amide bonds. The van der Waals surface area contributed by atoms with E-state index in [1.54, 1.807) is 30.0 Å². The third-order valence-corrected chi connectivity index (χ3v) is 8.66. The summed E-state index contributed by atoms with van der Waals surface area (Å²) in [7, 11) is -3.98. The molecule has 5 rings (SSSR count). The Morgan fingerprint density at radius 1 is 1.11 bits per heavy atom. The smallest absolute Gasteiger partial charge is 0.248 e. The highest BCUT2D eigenvalue weighted by atomic mass is 32.2. The Kier molecular flexibility index (Phi) is 6.29. The van der Waals surface area contributed by atoms with Gasteiger partial charge in [0.05, 0.1) is 5.92 Å². The molecule has 2 aromatic carbocycles. The topological polar surface area (TPSA) is 83.7 Å². The fraction of sp³-hybridized carbons (Fsp3) is 0.308. The van der Waals surface area contributed by atoms with Gasteiger partial charge in [0.15, 0.2) is 10.7 Å². The summed E-state index contributed by atoms with van der Waals surface area (Å²) in [5.41, 5.74) is 2.57. The second-order valence-corrected chi connectivity index (χ2v) is 10.8. The third kappa shape index (κ3) is 4.41. The summed E-state index contributed by atoms with van der Waals surface area (Å²) in [5.74, 6) is -0.864. The minimum absolute atomic E-state index is 0.0349. The van der Waals surface area contributed by atoms with E-state index >= 15 is 0 Å². The van der Waals surface area contributed by atoms with E-state index in [1.165, 1.54) is 22.5 Å². The number of hydrogen-bond acceptors (Lipinski definition) is 5. The SMILES string of the molecule is Cc1noc(/C=C/c2ccccc2F)c1S(=O)(=O)N1CCC[C@@H](C(=O)N2CCc3ccccc32)C1. The zero-order valence-corrected chi connectivity index (χ0v) is 20.2. The Bertz CT molecular complexity index is 1400. The van der Waals surface area contributed by atoms with Crippen molar-refractivity contribution in [2.75, 3.05) is 24.5 Å². The number of amides is 1. The summed E-state index contributed by atoms with van der Waals surface area (Å²) in [4.78, 5) is 15.1. The quantitative estimate of drug-likeness (QED) is 0.528. The molecular weight excluding hydrogens is 469 g/mol. The lowest BCUT2D eigenvalue weighted by Gasteiger charge is -2.33. The van der Waals surface area contributed by atoms with E-state index in [-0.39, 0.29) is 28.8 Å². The van der Waals surface area contributed by atoms with Gasteiger partial charge in [0.2, 0.25) is 15.9 Å². The number of aromatic nitrogens is 1. The van der Waals surface area contributed by atoms with Crippen LogP contribution in [-0.2, 0) is 21.2 Å². The molecule has 1 atom stereocenters. The van der Waals surface area contributed by atoms with Crippen LogP contribution in [0.4, 0.5) is 10.1 Å². The Morgan fingerprint density at radius 2 is 1.89 bits per heavy atom. The van der Waals surface area contributed by atoms with Gasteiger partial charge in [-0.3, -0.25) is 4.79 Å². The fourth-order valence-corrected chi connectivity index (χ4v) is 6.63. The molecule has 0 bridgehead atoms. The summed E-state index contributed by atoms with van der Waals surface area (Å²) in [6.45, 7) is 2.58. The van der Waals surface area contributed by atoms with E-state index in [0.29, 0.717) is 31.5 Å². The number of para-hydroxylation sites is 1. The molecule has 2 aliphatic heterocycles. The number of halogens is 1. The number of carbonyl (C=O) groups is 1. The molecule has 7 nitrogen and oxygen atoms in total. The van der Waals surface area contributed by atoms with Crippen LogP contribution in [0.5, 0.6) is 0 Å². The zero-order valence-electron chi connectivity index (χ0n) is 19.4. The Morgan fingerprint density at radius 3 is 2.71 bits per heavy atom. The highest BCUT2D eigenvalue weighted by Crippen LogP contribution is 2.33. The number of anilines is 1. The molecule has 0 N–H and O–H groups in total. The van der Waals surface area contributed by atoms with Gasteiger partial charge < -0.3 is 9.42 Å². The highest BCUT2D eigenvalue weighted by Gasteiger charge is 2.39. The van der Waals surface area contributed by atoms with Gasteiger partial charge >= 0.3 is 0 Å². The van der Waals surface area contributed by atoms with E-state index in [0.717, 1.165) is 17.7 Å². The van der Waals surface area contributed by atoms with Crippen LogP contribution in [0.2, 0.25) is 0 Å². The molecule has 0 saturated carbocycles. The monoisotopic (exact) mass is 495 g/mol. The molecule has 182 valence electrons. The van der Waals surface area contributed by atoms with Crippen LogP contribution in [0.3, 0.4) is 0 Å². The second kappa shape index (κ2) is 9.39. The molecule has 1 aromatic heterocycles. The van der Waals surface area contributed by atoms with Crippen molar-refractivity contribution in [1.29, 1.82) is 0 Å². The minimum Gasteiger partial charge on any atom is -0.355 e. The number of hydrogen-bond donors (Lipinski definition) is 0. The molecule has 2 aliphatic rings. The largest absolute Gasteiger partial charge is 0.355 e. The molecule has 0 radical (unpaired) electrons. The Hall–Kier alpha value is -3.30. The van der Waals surface area contributed by atoms with Crippen molar-refractivity contribution >= 4 is 33.8 Å². The number of sulfonamides is 1. The van der Waals surface area contributed by atoms with Crippen molar-refractivity contribution < 1.29 is 22.1 Å². The average Bonchev–Trinajstić information content (AvgIpc) is 3.47. The number of fused-ring (bicyclic) bond motifs is 1. The average molecular weight is 496 g/mol. The van der Waals surface area contributed by atoms with Gasteiger partial charge in [0, 0.05) is 30.9 Å². The maximum Gasteiger partial charge on any atom is 0.248 e. The predicted molar refractivity (Wildman–Crippen MR) is 131 cm³/mol. The van der Waals surface area contributed by atoms with Crippen molar-refractivity contribution in [3.63, 3.8) is 0 Å². The van der Waals surface area contributed by atoms with Gasteiger partial charge in [-0.25, -0.2) is 12.8 Å². The molecular formula is C26H26FN3O4S. The molecule has 9 heteroatoms. The van der Waals surface area contributed by atoms with E-state index in [2.05, 4.69) is 5.16 Å². The summed E-state index contributed by atoms with van der Waals surface area (Å²) >= 11 is 0. The lowest BCUT2D eigenvalue weighted by Crippen LogP contribution is -2.46. The van der Waals surface area contributed by atoms with Crippen LogP contribution in [0.1, 0.15) is 35.4 Å². The van der Waals surface area contributed by atoms with Gasteiger partial charge in [0.1, 0.15) is 11.5 Å². The van der Waals surface area contributed by atoms with Gasteiger partial charge in [-0.05, 0) is 56.0 Å². The predicted octanol–water partition coefficient (Wildman–Crippen LogP) is 4.28. The molecule has 35 heavy (non-hydrogen) atoms. The third-order valence-electron chi connectivity index (χ3n) is 6.64. The summed E-state index contributed by atoms with van der Waals surface area (Å²) in [5, 5.41) is 3.85. The van der Waals surface area contributed by atoms with Crippen LogP contribution in [0.25, 0.3) is 12.2 Å². The van der Waals surface area contributed by atoms with Crippen molar-refractivity contribution in [3.05, 3.63) is 76.9 Å². The first kappa shape index (κ1) is 23.4. The van der Waals surface area contributed by atoms with Gasteiger partial charge in [0.25, 0.3) is 0 Å². The molecule has 3 heterocycles. The number of rotatable bonds is 5. The van der Waals surface area contributed by atoms with E-state index in [1.807, 2.05) is 24.3 Å². The first-order chi connectivity index (χ1) is 16.9. The van der Waals surface area contributed by atoms with Crippen LogP contribution in [0, 0.1) is 18.7 Å². The fourth-order valence-electron chi connectivity index (χ4n) is 4.85. The first-order valence-corrected chi connectivity index (χ1v) is 13.1. The maximum atomic E-state index is 14.0. The molecule has 0 spiro atoms. The normalized spacial score (nSPS) is 18.8. The molecule has 3 aromatic rings. The van der Waals surface area contributed by atoms with Crippen LogP contribution in [0.15, 0.2) is 57.9 Å². The number of aryl methyl sites for hydroxylation is 1. The highest BCUT2D eigenvalue weighted by molar-refractivity contribution is 7.89. The van der Waals surface area contributed by atoms with Gasteiger partial charge in [-0.15, -0.1) is 0 Å². The van der Waals surface area contributed by atoms with Crippen LogP contribution >= 0.6 is 0 Å². The maximum absolute atomic E-state index is 14.0. The van der Waals surface area contributed by atoms with E-state index in [9.17, 15) is 17.6 Å². The molecule has 0 unspecified atom stereocenters. The van der Waals surface area contributed by atoms with Crippen molar-refractivity contribution in [2.24, 2.45) is 5.92 Å². The van der Waals surface area contributed by atoms with Gasteiger partial charge in [-0.1, -0.05) is 41.6 Å². The van der Waals surface area contributed by atoms with Crippen molar-refractivity contribution in [2.45, 2.75) is 31.1 Å². The molecule has 1 saturated heterocycles. The number of piperidine rings is 1. The lowest BCUT2D eigenvalue weighted by molar-refractivity contribution is -0.123. The number of benzene rings is 2. The Labute approximate surface area is 203 Å². The number of nitrogens with zero attached hydrogens (tertiary/aromatic N) is 3. The zero-order chi connectivity index (χ0) is 24.6. The van der Waals surface area contributed by atoms with Crippen LogP contribution in [-0.4, -0.2) is 43.4 Å². The van der Waals surface area contributed by atoms with E-state index < -0.39 is 21.8 Å². The first-order valence-electron chi connectivity index (χ1n) is 11.6. The van der Waals surface area contributed by atoms with E-state index in [4.69, 9.17) is 4.52 Å². The summed E-state index contributed by atoms with van der Waals surface area (Å²) < 4.78 is 47.9. The number of carbonyl (C=O) groups excluding carboxylic acids is 1. The standard InChI is InChI=1S/C26H26FN3O4S/c1-18-25(24(34-28-18)13-12-19-7-2-4-10-22(19)27)35(32,33)29-15-6-9-21(17-29)26(31)30-16-14-20-8-3-5-11-23(20)30/h2-5,7-8,10-13,21H,6,9,14-17H2,1H3/b13-12+/t21-/m1/s1. The summed E-state index contributed by atoms with van der Waals surface area (Å²) in [6, 6.07) is 14.0. The minimum atomic E-state index is -3.98. The lowest BCUT2D eigenvalue weighted by atomic mass is 9.98. The van der Waals surface area contributed by atoms with Gasteiger partial charge in [-0.2, -0.15) is 4.31 Å². The van der Waals surface area contributed by atoms with Crippen molar-refractivity contribution in [3.8, 4) is 0 Å². The van der Waals surface area contributed by atoms with Crippen molar-refractivity contribution in [1.82, 2.24) is 9.46 Å². The Balaban J connectivity index is 1.38. The van der Waals surface area contributed by atoms with Crippen LogP contribution < -0.4 is 4.90 Å². The summed E-state index contributed by atoms with van der Waals surface area (Å²) in [6.07, 6.45) is 4.89. The molecule has 1 fully saturated rings. The second-order valence-electron chi connectivity index (χ2n) is 8.89.